The number of nitrogens with zero attached hydrogens (tertiary/aromatic N) is 1. The first-order valence-electron chi connectivity index (χ1n) is 6.23. The Balaban J connectivity index is 1.95. The van der Waals surface area contributed by atoms with Crippen LogP contribution in [0.2, 0.25) is 0 Å². The van der Waals surface area contributed by atoms with Gasteiger partial charge in [0.2, 0.25) is 0 Å². The second kappa shape index (κ2) is 6.38. The molecule has 0 saturated carbocycles. The summed E-state index contributed by atoms with van der Waals surface area (Å²) in [4.78, 5) is 16.4. The van der Waals surface area contributed by atoms with Gasteiger partial charge in [0.05, 0.1) is 23.4 Å². The number of nitrogens with one attached hydrogen (secondary N) is 1. The molecule has 1 amide bonds. The number of hydrogen-bond acceptors (Lipinski definition) is 5. The fourth-order valence-electron chi connectivity index (χ4n) is 1.82. The zero-order chi connectivity index (χ0) is 14.5. The van der Waals surface area contributed by atoms with Crippen LogP contribution in [-0.2, 0) is 6.42 Å². The number of anilines is 1. The third-order valence-electron chi connectivity index (χ3n) is 2.82. The Morgan fingerprint density at radius 3 is 2.95 bits per heavy atom. The van der Waals surface area contributed by atoms with Crippen molar-refractivity contribution in [2.75, 3.05) is 19.4 Å². The molecule has 0 unspecified atom stereocenters. The van der Waals surface area contributed by atoms with E-state index in [0.717, 1.165) is 10.7 Å². The van der Waals surface area contributed by atoms with Crippen molar-refractivity contribution in [2.45, 2.75) is 13.3 Å². The summed E-state index contributed by atoms with van der Waals surface area (Å²) in [5, 5.41) is 5.85. The number of nitrogens with two attached hydrogens (primary N) is 1. The van der Waals surface area contributed by atoms with E-state index in [1.54, 1.807) is 29.5 Å². The van der Waals surface area contributed by atoms with Crippen LogP contribution >= 0.6 is 11.3 Å². The van der Waals surface area contributed by atoms with Gasteiger partial charge in [-0.2, -0.15) is 0 Å². The summed E-state index contributed by atoms with van der Waals surface area (Å²) in [6.45, 7) is 2.48. The minimum atomic E-state index is -0.199. The normalized spacial score (nSPS) is 10.3. The van der Waals surface area contributed by atoms with Crippen LogP contribution in [0.1, 0.15) is 21.1 Å². The number of carbonyl (C=O) groups is 1. The highest BCUT2D eigenvalue weighted by Crippen LogP contribution is 2.24. The smallest absolute Gasteiger partial charge is 0.253 e. The maximum Gasteiger partial charge on any atom is 0.253 e. The van der Waals surface area contributed by atoms with E-state index >= 15 is 0 Å². The number of amides is 1. The zero-order valence-electron chi connectivity index (χ0n) is 11.5. The fourth-order valence-corrected chi connectivity index (χ4v) is 2.59. The van der Waals surface area contributed by atoms with Crippen LogP contribution in [0.5, 0.6) is 5.75 Å². The summed E-state index contributed by atoms with van der Waals surface area (Å²) in [7, 11) is 1.53. The molecule has 1 heterocycles. The lowest BCUT2D eigenvalue weighted by Crippen LogP contribution is -2.26. The van der Waals surface area contributed by atoms with E-state index in [9.17, 15) is 4.79 Å². The monoisotopic (exact) mass is 291 g/mol. The van der Waals surface area contributed by atoms with Crippen LogP contribution in [0.4, 0.5) is 5.69 Å². The number of carbonyl (C=O) groups excluding carboxylic acids is 1. The minimum absolute atomic E-state index is 0.199. The first-order valence-corrected chi connectivity index (χ1v) is 7.11. The summed E-state index contributed by atoms with van der Waals surface area (Å²) >= 11 is 1.60. The maximum atomic E-state index is 12.1. The second-order valence-corrected chi connectivity index (χ2v) is 5.25. The number of benzene rings is 1. The number of rotatable bonds is 5. The van der Waals surface area contributed by atoms with Crippen LogP contribution < -0.4 is 15.8 Å². The molecule has 0 radical (unpaired) electrons. The van der Waals surface area contributed by atoms with Gasteiger partial charge < -0.3 is 15.8 Å². The maximum absolute atomic E-state index is 12.1. The summed E-state index contributed by atoms with van der Waals surface area (Å²) in [6.07, 6.45) is 0.716. The van der Waals surface area contributed by atoms with Crippen molar-refractivity contribution in [1.29, 1.82) is 0 Å². The number of thiazole rings is 1. The molecular weight excluding hydrogens is 274 g/mol. The molecule has 0 saturated heterocycles. The van der Waals surface area contributed by atoms with Gasteiger partial charge in [-0.25, -0.2) is 4.98 Å². The van der Waals surface area contributed by atoms with Crippen LogP contribution in [0.25, 0.3) is 0 Å². The predicted octanol–water partition coefficient (Wildman–Crippen LogP) is 2.01. The topological polar surface area (TPSA) is 77.2 Å². The van der Waals surface area contributed by atoms with Crippen molar-refractivity contribution in [2.24, 2.45) is 0 Å². The molecule has 1 aromatic carbocycles. The zero-order valence-corrected chi connectivity index (χ0v) is 12.3. The number of hydrogen-bond donors (Lipinski definition) is 2. The lowest BCUT2D eigenvalue weighted by Gasteiger charge is -2.10. The van der Waals surface area contributed by atoms with Crippen molar-refractivity contribution in [1.82, 2.24) is 10.3 Å². The summed E-state index contributed by atoms with van der Waals surface area (Å²) < 4.78 is 5.10. The van der Waals surface area contributed by atoms with E-state index in [1.165, 1.54) is 7.11 Å². The third kappa shape index (κ3) is 3.27. The van der Waals surface area contributed by atoms with Crippen LogP contribution in [-0.4, -0.2) is 24.5 Å². The number of nitrogen functional groups attached to an aromatic ring is 1. The molecule has 2 aromatic rings. The van der Waals surface area contributed by atoms with E-state index in [0.29, 0.717) is 30.0 Å². The summed E-state index contributed by atoms with van der Waals surface area (Å²) in [5.41, 5.74) is 7.68. The van der Waals surface area contributed by atoms with Crippen molar-refractivity contribution in [3.05, 3.63) is 39.8 Å². The first kappa shape index (κ1) is 14.3. The first-order chi connectivity index (χ1) is 9.61. The predicted molar refractivity (Wildman–Crippen MR) is 80.3 cm³/mol. The van der Waals surface area contributed by atoms with Gasteiger partial charge in [-0.3, -0.25) is 4.79 Å². The molecule has 6 heteroatoms. The fraction of sp³-hybridized carbons (Fsp3) is 0.286. The molecule has 1 aromatic heterocycles. The van der Waals surface area contributed by atoms with E-state index in [2.05, 4.69) is 10.3 Å². The summed E-state index contributed by atoms with van der Waals surface area (Å²) in [5.74, 6) is 0.308. The summed E-state index contributed by atoms with van der Waals surface area (Å²) in [6, 6.07) is 5.15. The molecular formula is C14H17N3O2S. The van der Waals surface area contributed by atoms with Crippen molar-refractivity contribution in [3.8, 4) is 5.75 Å². The highest BCUT2D eigenvalue weighted by atomic mass is 32.1. The highest BCUT2D eigenvalue weighted by molar-refractivity contribution is 7.09. The molecule has 0 fully saturated rings. The Hall–Kier alpha value is -2.08. The van der Waals surface area contributed by atoms with Gasteiger partial charge in [-0.15, -0.1) is 11.3 Å². The Morgan fingerprint density at radius 1 is 1.50 bits per heavy atom. The molecule has 0 aliphatic carbocycles. The number of aromatic nitrogens is 1. The molecule has 106 valence electrons. The second-order valence-electron chi connectivity index (χ2n) is 4.31. The van der Waals surface area contributed by atoms with E-state index in [1.807, 2.05) is 12.3 Å². The van der Waals surface area contributed by atoms with Crippen LogP contribution in [0, 0.1) is 6.92 Å². The molecule has 5 nitrogen and oxygen atoms in total. The lowest BCUT2D eigenvalue weighted by molar-refractivity contribution is 0.0954. The Morgan fingerprint density at radius 2 is 2.30 bits per heavy atom. The largest absolute Gasteiger partial charge is 0.495 e. The van der Waals surface area contributed by atoms with Crippen molar-refractivity contribution >= 4 is 22.9 Å². The Bertz CT molecular complexity index is 610. The Kier molecular flexibility index (Phi) is 4.57. The van der Waals surface area contributed by atoms with Crippen LogP contribution in [0.15, 0.2) is 23.6 Å². The van der Waals surface area contributed by atoms with Crippen molar-refractivity contribution < 1.29 is 9.53 Å². The van der Waals surface area contributed by atoms with Gasteiger partial charge in [0.25, 0.3) is 5.91 Å². The number of aryl methyl sites for hydroxylation is 1. The van der Waals surface area contributed by atoms with E-state index < -0.39 is 0 Å². The highest BCUT2D eigenvalue weighted by Gasteiger charge is 2.12. The third-order valence-corrected chi connectivity index (χ3v) is 3.85. The Labute approximate surface area is 121 Å². The molecule has 0 bridgehead atoms. The average Bonchev–Trinajstić information content (AvgIpc) is 2.84. The molecule has 0 atom stereocenters. The van der Waals surface area contributed by atoms with Gasteiger partial charge >= 0.3 is 0 Å². The average molecular weight is 291 g/mol. The molecule has 20 heavy (non-hydrogen) atoms. The van der Waals surface area contributed by atoms with Gasteiger partial charge in [0.15, 0.2) is 0 Å². The number of ether oxygens (including phenoxy) is 1. The van der Waals surface area contributed by atoms with Gasteiger partial charge in [0.1, 0.15) is 5.75 Å². The lowest BCUT2D eigenvalue weighted by atomic mass is 10.1. The van der Waals surface area contributed by atoms with Crippen LogP contribution in [0.3, 0.4) is 0 Å². The number of methoxy groups -OCH3 is 1. The SMILES string of the molecule is COc1cccc(C(=O)NCCc2nc(C)cs2)c1N. The van der Waals surface area contributed by atoms with Gasteiger partial charge in [0, 0.05) is 24.0 Å². The standard InChI is InChI=1S/C14H17N3O2S/c1-9-8-20-12(17-9)6-7-16-14(18)10-4-3-5-11(19-2)13(10)15/h3-5,8H,6-7,15H2,1-2H3,(H,16,18). The van der Waals surface area contributed by atoms with Gasteiger partial charge in [-0.05, 0) is 19.1 Å². The quantitative estimate of drug-likeness (QED) is 0.826. The molecule has 3 N–H and O–H groups in total. The van der Waals surface area contributed by atoms with E-state index in [-0.39, 0.29) is 5.91 Å². The van der Waals surface area contributed by atoms with E-state index in [4.69, 9.17) is 10.5 Å². The minimum Gasteiger partial charge on any atom is -0.495 e. The molecule has 0 spiro atoms. The van der Waals surface area contributed by atoms with Gasteiger partial charge in [-0.1, -0.05) is 6.07 Å². The number of para-hydroxylation sites is 1. The molecule has 0 aliphatic heterocycles. The molecule has 0 aliphatic rings. The van der Waals surface area contributed by atoms with Crippen molar-refractivity contribution in [3.63, 3.8) is 0 Å². The molecule has 2 rings (SSSR count).